The number of alkyl halides is 3. The summed E-state index contributed by atoms with van der Waals surface area (Å²) in [6.07, 6.45) is -3.59. The van der Waals surface area contributed by atoms with Crippen LogP contribution in [0.4, 0.5) is 13.2 Å². The van der Waals surface area contributed by atoms with Crippen LogP contribution in [0.5, 0.6) is 0 Å². The first kappa shape index (κ1) is 14.2. The van der Waals surface area contributed by atoms with Gasteiger partial charge in [-0.05, 0) is 25.2 Å². The first-order valence-corrected chi connectivity index (χ1v) is 5.50. The highest BCUT2D eigenvalue weighted by atomic mass is 35.5. The van der Waals surface area contributed by atoms with Crippen LogP contribution in [0.3, 0.4) is 0 Å². The summed E-state index contributed by atoms with van der Waals surface area (Å²) in [7, 11) is 0. The van der Waals surface area contributed by atoms with Gasteiger partial charge in [0.1, 0.15) is 0 Å². The van der Waals surface area contributed by atoms with Crippen LogP contribution in [0, 0.1) is 0 Å². The third kappa shape index (κ3) is 4.12. The van der Waals surface area contributed by atoms with Crippen molar-refractivity contribution in [1.82, 2.24) is 4.98 Å². The second-order valence-corrected chi connectivity index (χ2v) is 3.99. The Morgan fingerprint density at radius 2 is 2.18 bits per heavy atom. The molecule has 0 aliphatic heterocycles. The van der Waals surface area contributed by atoms with E-state index in [4.69, 9.17) is 28.6 Å². The molecule has 0 radical (unpaired) electrons. The van der Waals surface area contributed by atoms with Crippen molar-refractivity contribution in [3.63, 3.8) is 0 Å². The van der Waals surface area contributed by atoms with E-state index in [2.05, 4.69) is 4.98 Å². The van der Waals surface area contributed by atoms with Gasteiger partial charge in [-0.3, -0.25) is 4.98 Å². The van der Waals surface area contributed by atoms with Gasteiger partial charge >= 0.3 is 6.18 Å². The van der Waals surface area contributed by atoms with E-state index < -0.39 is 11.7 Å². The van der Waals surface area contributed by atoms with E-state index in [-0.39, 0.29) is 22.2 Å². The van der Waals surface area contributed by atoms with Crippen molar-refractivity contribution < 1.29 is 17.9 Å². The molecule has 1 aromatic rings. The molecule has 0 N–H and O–H groups in total. The van der Waals surface area contributed by atoms with E-state index in [1.54, 1.807) is 6.92 Å². The van der Waals surface area contributed by atoms with Gasteiger partial charge in [-0.2, -0.15) is 13.2 Å². The summed E-state index contributed by atoms with van der Waals surface area (Å²) >= 11 is 10.6. The molecule has 0 bridgehead atoms. The van der Waals surface area contributed by atoms with Gasteiger partial charge in [0.2, 0.25) is 0 Å². The molecule has 0 aliphatic rings. The molecule has 0 saturated heterocycles. The zero-order valence-electron chi connectivity index (χ0n) is 8.84. The van der Waals surface area contributed by atoms with E-state index >= 15 is 0 Å². The van der Waals surface area contributed by atoms with Crippen molar-refractivity contribution in [3.05, 3.63) is 28.5 Å². The van der Waals surface area contributed by atoms with Crippen molar-refractivity contribution in [1.29, 1.82) is 0 Å². The molecule has 94 valence electrons. The van der Waals surface area contributed by atoms with Gasteiger partial charge in [0, 0.05) is 6.20 Å². The van der Waals surface area contributed by atoms with Crippen molar-refractivity contribution in [2.75, 3.05) is 6.61 Å². The SMILES string of the molecule is CCOC(=S)Cc1ncc(C(F)(F)F)cc1Cl. The number of halogens is 4. The lowest BCUT2D eigenvalue weighted by Crippen LogP contribution is -2.10. The largest absolute Gasteiger partial charge is 0.487 e. The number of ether oxygens (including phenoxy) is 1. The van der Waals surface area contributed by atoms with Crippen molar-refractivity contribution in [2.24, 2.45) is 0 Å². The van der Waals surface area contributed by atoms with E-state index in [1.165, 1.54) is 0 Å². The Morgan fingerprint density at radius 1 is 1.53 bits per heavy atom. The Hall–Kier alpha value is -0.880. The zero-order valence-corrected chi connectivity index (χ0v) is 10.4. The zero-order chi connectivity index (χ0) is 13.1. The maximum absolute atomic E-state index is 12.3. The summed E-state index contributed by atoms with van der Waals surface area (Å²) < 4.78 is 42.0. The standard InChI is InChI=1S/C10H9ClF3NOS/c1-2-16-9(17)4-8-7(11)3-6(5-15-8)10(12,13)14/h3,5H,2,4H2,1H3. The normalized spacial score (nSPS) is 11.4. The monoisotopic (exact) mass is 283 g/mol. The predicted molar refractivity (Wildman–Crippen MR) is 62.2 cm³/mol. The Balaban J connectivity index is 2.87. The summed E-state index contributed by atoms with van der Waals surface area (Å²) in [6, 6.07) is 0.832. The summed E-state index contributed by atoms with van der Waals surface area (Å²) in [4.78, 5) is 3.65. The smallest absolute Gasteiger partial charge is 0.417 e. The lowest BCUT2D eigenvalue weighted by molar-refractivity contribution is -0.137. The highest BCUT2D eigenvalue weighted by Crippen LogP contribution is 2.31. The van der Waals surface area contributed by atoms with Gasteiger partial charge in [0.15, 0.2) is 5.05 Å². The molecule has 0 atom stereocenters. The van der Waals surface area contributed by atoms with Crippen LogP contribution in [-0.4, -0.2) is 16.6 Å². The van der Waals surface area contributed by atoms with Crippen LogP contribution in [0.2, 0.25) is 5.02 Å². The van der Waals surface area contributed by atoms with Crippen LogP contribution >= 0.6 is 23.8 Å². The first-order valence-electron chi connectivity index (χ1n) is 4.71. The third-order valence-corrected chi connectivity index (χ3v) is 2.45. The fourth-order valence-electron chi connectivity index (χ4n) is 1.10. The van der Waals surface area contributed by atoms with Crippen LogP contribution in [0.15, 0.2) is 12.3 Å². The number of hydrogen-bond acceptors (Lipinski definition) is 3. The molecular weight excluding hydrogens is 275 g/mol. The fourth-order valence-corrected chi connectivity index (χ4v) is 1.59. The van der Waals surface area contributed by atoms with E-state index in [9.17, 15) is 13.2 Å². The third-order valence-electron chi connectivity index (χ3n) is 1.86. The summed E-state index contributed by atoms with van der Waals surface area (Å²) in [5, 5.41) is 0.184. The number of aromatic nitrogens is 1. The molecular formula is C10H9ClF3NOS. The minimum absolute atomic E-state index is 0.0677. The summed E-state index contributed by atoms with van der Waals surface area (Å²) in [6.45, 7) is 2.16. The summed E-state index contributed by atoms with van der Waals surface area (Å²) in [5.41, 5.74) is -0.605. The number of nitrogens with zero attached hydrogens (tertiary/aromatic N) is 1. The summed E-state index contributed by atoms with van der Waals surface area (Å²) in [5.74, 6) is 0. The first-order chi connectivity index (χ1) is 7.84. The maximum Gasteiger partial charge on any atom is 0.417 e. The molecule has 0 unspecified atom stereocenters. The van der Waals surface area contributed by atoms with Crippen molar-refractivity contribution >= 4 is 28.9 Å². The number of rotatable bonds is 3. The average molecular weight is 284 g/mol. The molecule has 1 aromatic heterocycles. The van der Waals surface area contributed by atoms with E-state index in [0.29, 0.717) is 6.61 Å². The Bertz CT molecular complexity index is 423. The predicted octanol–water partition coefficient (Wildman–Crippen LogP) is 3.66. The lowest BCUT2D eigenvalue weighted by atomic mass is 10.2. The van der Waals surface area contributed by atoms with Crippen LogP contribution in [0.25, 0.3) is 0 Å². The highest BCUT2D eigenvalue weighted by Gasteiger charge is 2.31. The second-order valence-electron chi connectivity index (χ2n) is 3.13. The molecule has 0 fully saturated rings. The Morgan fingerprint density at radius 3 is 2.65 bits per heavy atom. The Kier molecular flexibility index (Phi) is 4.70. The van der Waals surface area contributed by atoms with Gasteiger partial charge in [0.25, 0.3) is 0 Å². The van der Waals surface area contributed by atoms with Crippen LogP contribution in [-0.2, 0) is 17.3 Å². The van der Waals surface area contributed by atoms with Crippen LogP contribution in [0.1, 0.15) is 18.2 Å². The van der Waals surface area contributed by atoms with Gasteiger partial charge in [0.05, 0.1) is 29.3 Å². The Labute approximate surface area is 107 Å². The average Bonchev–Trinajstić information content (AvgIpc) is 2.20. The number of pyridine rings is 1. The van der Waals surface area contributed by atoms with Gasteiger partial charge < -0.3 is 4.74 Å². The van der Waals surface area contributed by atoms with Crippen LogP contribution < -0.4 is 0 Å². The van der Waals surface area contributed by atoms with Gasteiger partial charge in [-0.25, -0.2) is 0 Å². The molecule has 0 aromatic carbocycles. The molecule has 17 heavy (non-hydrogen) atoms. The second kappa shape index (κ2) is 5.64. The minimum atomic E-state index is -4.45. The highest BCUT2D eigenvalue weighted by molar-refractivity contribution is 7.80. The molecule has 7 heteroatoms. The lowest BCUT2D eigenvalue weighted by Gasteiger charge is -2.09. The fraction of sp³-hybridized carbons (Fsp3) is 0.400. The number of hydrogen-bond donors (Lipinski definition) is 0. The minimum Gasteiger partial charge on any atom is -0.487 e. The van der Waals surface area contributed by atoms with Gasteiger partial charge in [-0.15, -0.1) is 0 Å². The van der Waals surface area contributed by atoms with Gasteiger partial charge in [-0.1, -0.05) is 11.6 Å². The molecule has 2 nitrogen and oxygen atoms in total. The quantitative estimate of drug-likeness (QED) is 0.791. The maximum atomic E-state index is 12.3. The molecule has 1 rings (SSSR count). The van der Waals surface area contributed by atoms with Crippen molar-refractivity contribution in [2.45, 2.75) is 19.5 Å². The topological polar surface area (TPSA) is 22.1 Å². The molecule has 0 saturated carbocycles. The van der Waals surface area contributed by atoms with E-state index in [1.807, 2.05) is 0 Å². The number of thiocarbonyl (C=S) groups is 1. The molecule has 1 heterocycles. The molecule has 0 aliphatic carbocycles. The van der Waals surface area contributed by atoms with Crippen molar-refractivity contribution in [3.8, 4) is 0 Å². The van der Waals surface area contributed by atoms with E-state index in [0.717, 1.165) is 12.3 Å². The molecule has 0 spiro atoms. The molecule has 0 amide bonds.